The quantitative estimate of drug-likeness (QED) is 0.490. The maximum absolute atomic E-state index is 13.7. The molecular formula is C22H18ClFN2O5S. The van der Waals surface area contributed by atoms with Crippen molar-refractivity contribution < 1.29 is 27.1 Å². The fourth-order valence-electron chi connectivity index (χ4n) is 2.64. The molecule has 0 heterocycles. The molecule has 0 saturated carbocycles. The van der Waals surface area contributed by atoms with Crippen molar-refractivity contribution in [1.29, 1.82) is 0 Å². The zero-order valence-corrected chi connectivity index (χ0v) is 18.3. The van der Waals surface area contributed by atoms with Gasteiger partial charge in [-0.15, -0.1) is 0 Å². The molecule has 3 aromatic rings. The number of carbonyl (C=O) groups is 2. The molecule has 0 spiro atoms. The van der Waals surface area contributed by atoms with Crippen LogP contribution in [0.25, 0.3) is 0 Å². The number of carbonyl (C=O) groups excluding carboxylic acids is 2. The van der Waals surface area contributed by atoms with Crippen LogP contribution in [0.15, 0.2) is 77.7 Å². The normalized spacial score (nSPS) is 12.0. The zero-order chi connectivity index (χ0) is 23.3. The van der Waals surface area contributed by atoms with Gasteiger partial charge in [0.05, 0.1) is 21.8 Å². The molecule has 10 heteroatoms. The summed E-state index contributed by atoms with van der Waals surface area (Å²) < 4.78 is 46.5. The molecule has 0 aliphatic rings. The van der Waals surface area contributed by atoms with Crippen molar-refractivity contribution >= 4 is 44.9 Å². The first-order valence-electron chi connectivity index (χ1n) is 9.30. The molecule has 0 aliphatic carbocycles. The van der Waals surface area contributed by atoms with Crippen LogP contribution in [0.2, 0.25) is 5.02 Å². The smallest absolute Gasteiger partial charge is 0.338 e. The minimum Gasteiger partial charge on any atom is -0.449 e. The van der Waals surface area contributed by atoms with Crippen molar-refractivity contribution in [2.24, 2.45) is 0 Å². The SMILES string of the molecule is CC(OC(=O)c1cccc(S(=O)(=O)Nc2cccc(Cl)c2)c1)C(=O)Nc1ccccc1F. The summed E-state index contributed by atoms with van der Waals surface area (Å²) in [5, 5.41) is 2.68. The summed E-state index contributed by atoms with van der Waals surface area (Å²) in [5.74, 6) is -2.29. The van der Waals surface area contributed by atoms with Gasteiger partial charge < -0.3 is 10.1 Å². The first-order valence-corrected chi connectivity index (χ1v) is 11.2. The predicted molar refractivity (Wildman–Crippen MR) is 119 cm³/mol. The van der Waals surface area contributed by atoms with E-state index in [9.17, 15) is 22.4 Å². The summed E-state index contributed by atoms with van der Waals surface area (Å²) in [5.41, 5.74) is 0.119. The molecule has 7 nitrogen and oxygen atoms in total. The van der Waals surface area contributed by atoms with E-state index in [-0.39, 0.29) is 21.8 Å². The third kappa shape index (κ3) is 5.83. The molecule has 32 heavy (non-hydrogen) atoms. The average Bonchev–Trinajstić information content (AvgIpc) is 2.75. The molecule has 0 aromatic heterocycles. The number of rotatable bonds is 7. The number of anilines is 2. The number of sulfonamides is 1. The van der Waals surface area contributed by atoms with Crippen molar-refractivity contribution in [3.63, 3.8) is 0 Å². The predicted octanol–water partition coefficient (Wildman–Crippen LogP) is 4.46. The Kier molecular flexibility index (Phi) is 7.12. The fraction of sp³-hybridized carbons (Fsp3) is 0.0909. The Morgan fingerprint density at radius 1 is 1.00 bits per heavy atom. The highest BCUT2D eigenvalue weighted by atomic mass is 35.5. The highest BCUT2D eigenvalue weighted by molar-refractivity contribution is 7.92. The van der Waals surface area contributed by atoms with Crippen LogP contribution >= 0.6 is 11.6 Å². The lowest BCUT2D eigenvalue weighted by Gasteiger charge is -2.14. The molecule has 2 N–H and O–H groups in total. The van der Waals surface area contributed by atoms with Crippen LogP contribution in [-0.2, 0) is 19.6 Å². The monoisotopic (exact) mass is 476 g/mol. The van der Waals surface area contributed by atoms with Crippen LogP contribution in [0, 0.1) is 5.82 Å². The Morgan fingerprint density at radius 3 is 2.44 bits per heavy atom. The van der Waals surface area contributed by atoms with Crippen molar-refractivity contribution in [2.75, 3.05) is 10.0 Å². The number of hydrogen-bond donors (Lipinski definition) is 2. The molecule has 0 fully saturated rings. The van der Waals surface area contributed by atoms with Gasteiger partial charge in [-0.3, -0.25) is 9.52 Å². The van der Waals surface area contributed by atoms with E-state index in [0.717, 1.165) is 6.07 Å². The summed E-state index contributed by atoms with van der Waals surface area (Å²) in [6, 6.07) is 16.8. The minimum atomic E-state index is -4.01. The van der Waals surface area contributed by atoms with Gasteiger partial charge in [0.15, 0.2) is 6.10 Å². The van der Waals surface area contributed by atoms with Gasteiger partial charge in [-0.05, 0) is 55.5 Å². The molecule has 3 rings (SSSR count). The van der Waals surface area contributed by atoms with E-state index in [1.807, 2.05) is 0 Å². The second-order valence-corrected chi connectivity index (χ2v) is 8.78. The van der Waals surface area contributed by atoms with E-state index >= 15 is 0 Å². The molecular weight excluding hydrogens is 459 g/mol. The van der Waals surface area contributed by atoms with Crippen molar-refractivity contribution in [2.45, 2.75) is 17.9 Å². The summed E-state index contributed by atoms with van der Waals surface area (Å²) in [6.07, 6.45) is -1.26. The van der Waals surface area contributed by atoms with E-state index < -0.39 is 33.8 Å². The summed E-state index contributed by atoms with van der Waals surface area (Å²) >= 11 is 5.87. The van der Waals surface area contributed by atoms with Crippen LogP contribution < -0.4 is 10.0 Å². The number of nitrogens with one attached hydrogen (secondary N) is 2. The number of benzene rings is 3. The number of halogens is 2. The standard InChI is InChI=1S/C22H18ClFN2O5S/c1-14(21(27)25-20-11-3-2-10-19(20)24)31-22(28)15-6-4-9-18(12-15)32(29,30)26-17-8-5-7-16(23)13-17/h2-14,26H,1H3,(H,25,27). The summed E-state index contributed by atoms with van der Waals surface area (Å²) in [4.78, 5) is 24.5. The first-order chi connectivity index (χ1) is 15.2. The lowest BCUT2D eigenvalue weighted by atomic mass is 10.2. The van der Waals surface area contributed by atoms with Crippen LogP contribution in [0.5, 0.6) is 0 Å². The van der Waals surface area contributed by atoms with Crippen LogP contribution in [0.3, 0.4) is 0 Å². The van der Waals surface area contributed by atoms with Gasteiger partial charge >= 0.3 is 5.97 Å². The van der Waals surface area contributed by atoms with Gasteiger partial charge in [-0.25, -0.2) is 17.6 Å². The lowest BCUT2D eigenvalue weighted by Crippen LogP contribution is -2.30. The van der Waals surface area contributed by atoms with E-state index in [1.165, 1.54) is 55.5 Å². The van der Waals surface area contributed by atoms with Crippen molar-refractivity contribution in [3.05, 3.63) is 89.2 Å². The number of hydrogen-bond acceptors (Lipinski definition) is 5. The van der Waals surface area contributed by atoms with Crippen molar-refractivity contribution in [1.82, 2.24) is 0 Å². The lowest BCUT2D eigenvalue weighted by molar-refractivity contribution is -0.123. The number of amides is 1. The molecule has 166 valence electrons. The van der Waals surface area contributed by atoms with Gasteiger partial charge in [0.25, 0.3) is 15.9 Å². The highest BCUT2D eigenvalue weighted by Gasteiger charge is 2.22. The Morgan fingerprint density at radius 2 is 1.72 bits per heavy atom. The van der Waals surface area contributed by atoms with E-state index in [2.05, 4.69) is 10.0 Å². The third-order valence-electron chi connectivity index (χ3n) is 4.24. The van der Waals surface area contributed by atoms with Crippen molar-refractivity contribution in [3.8, 4) is 0 Å². The Labute approximate surface area is 189 Å². The average molecular weight is 477 g/mol. The topological polar surface area (TPSA) is 102 Å². The Hall–Kier alpha value is -3.43. The Balaban J connectivity index is 1.70. The summed E-state index contributed by atoms with van der Waals surface area (Å²) in [7, 11) is -4.01. The first kappa shape index (κ1) is 23.2. The van der Waals surface area contributed by atoms with E-state index in [1.54, 1.807) is 18.2 Å². The minimum absolute atomic E-state index is 0.0550. The molecule has 0 radical (unpaired) electrons. The summed E-state index contributed by atoms with van der Waals surface area (Å²) in [6.45, 7) is 1.31. The molecule has 3 aromatic carbocycles. The third-order valence-corrected chi connectivity index (χ3v) is 5.86. The van der Waals surface area contributed by atoms with Gasteiger partial charge in [0.2, 0.25) is 0 Å². The molecule has 1 amide bonds. The highest BCUT2D eigenvalue weighted by Crippen LogP contribution is 2.21. The van der Waals surface area contributed by atoms with Gasteiger partial charge in [-0.2, -0.15) is 0 Å². The largest absolute Gasteiger partial charge is 0.449 e. The fourth-order valence-corrected chi connectivity index (χ4v) is 3.92. The molecule has 0 saturated heterocycles. The van der Waals surface area contributed by atoms with E-state index in [4.69, 9.17) is 16.3 Å². The molecule has 0 aliphatic heterocycles. The second-order valence-electron chi connectivity index (χ2n) is 6.66. The molecule has 1 unspecified atom stereocenters. The van der Waals surface area contributed by atoms with E-state index in [0.29, 0.717) is 5.02 Å². The number of ether oxygens (including phenoxy) is 1. The van der Waals surface area contributed by atoms with Gasteiger partial charge in [0, 0.05) is 5.02 Å². The van der Waals surface area contributed by atoms with Gasteiger partial charge in [-0.1, -0.05) is 35.9 Å². The maximum atomic E-state index is 13.7. The maximum Gasteiger partial charge on any atom is 0.338 e. The molecule has 0 bridgehead atoms. The Bertz CT molecular complexity index is 1270. The number of esters is 1. The van der Waals surface area contributed by atoms with Crippen LogP contribution in [0.4, 0.5) is 15.8 Å². The second kappa shape index (κ2) is 9.80. The van der Waals surface area contributed by atoms with Crippen LogP contribution in [0.1, 0.15) is 17.3 Å². The molecule has 1 atom stereocenters. The zero-order valence-electron chi connectivity index (χ0n) is 16.7. The number of para-hydroxylation sites is 1. The van der Waals surface area contributed by atoms with Crippen LogP contribution in [-0.4, -0.2) is 26.4 Å². The van der Waals surface area contributed by atoms with Gasteiger partial charge in [0.1, 0.15) is 5.82 Å².